The first kappa shape index (κ1) is 19.9. The van der Waals surface area contributed by atoms with Crippen LogP contribution in [0.3, 0.4) is 0 Å². The van der Waals surface area contributed by atoms with Gasteiger partial charge >= 0.3 is 0 Å². The second-order valence-corrected chi connectivity index (χ2v) is 8.69. The van der Waals surface area contributed by atoms with E-state index in [0.29, 0.717) is 16.9 Å². The van der Waals surface area contributed by atoms with E-state index in [9.17, 15) is 4.79 Å². The van der Waals surface area contributed by atoms with Crippen LogP contribution in [0.15, 0.2) is 28.6 Å². The molecule has 0 aliphatic heterocycles. The third-order valence-electron chi connectivity index (χ3n) is 4.72. The Hall–Kier alpha value is -1.80. The van der Waals surface area contributed by atoms with E-state index in [4.69, 9.17) is 4.74 Å². The molecule has 0 saturated heterocycles. The van der Waals surface area contributed by atoms with Crippen LogP contribution in [-0.4, -0.2) is 46.5 Å². The largest absolute Gasteiger partial charge is 0.497 e. The third kappa shape index (κ3) is 5.59. The molecule has 1 aliphatic rings. The van der Waals surface area contributed by atoms with E-state index >= 15 is 0 Å². The van der Waals surface area contributed by atoms with Crippen LogP contribution in [0.25, 0.3) is 0 Å². The summed E-state index contributed by atoms with van der Waals surface area (Å²) < 4.78 is 6.03. The second-order valence-electron chi connectivity index (χ2n) is 6.49. The fraction of sp³-hybridized carbons (Fsp3) is 0.526. The number of hydrogen-bond acceptors (Lipinski definition) is 7. The van der Waals surface area contributed by atoms with Crippen molar-refractivity contribution in [2.75, 3.05) is 24.7 Å². The minimum atomic E-state index is 0.201. The van der Waals surface area contributed by atoms with Crippen molar-refractivity contribution < 1.29 is 9.53 Å². The van der Waals surface area contributed by atoms with Gasteiger partial charge in [0.25, 0.3) is 0 Å². The Morgan fingerprint density at radius 1 is 1.33 bits per heavy atom. The first-order chi connectivity index (χ1) is 13.2. The molecule has 1 aliphatic carbocycles. The average molecular weight is 407 g/mol. The molecule has 1 aromatic carbocycles. The van der Waals surface area contributed by atoms with Crippen molar-refractivity contribution in [3.05, 3.63) is 24.3 Å². The highest BCUT2D eigenvalue weighted by Gasteiger charge is 2.24. The Bertz CT molecular complexity index is 747. The number of methoxy groups -OCH3 is 1. The third-order valence-corrected chi connectivity index (χ3v) is 6.68. The van der Waals surface area contributed by atoms with E-state index in [-0.39, 0.29) is 5.91 Å². The number of aromatic nitrogens is 2. The van der Waals surface area contributed by atoms with Crippen molar-refractivity contribution in [1.29, 1.82) is 0 Å². The Balaban J connectivity index is 1.53. The fourth-order valence-electron chi connectivity index (χ4n) is 3.38. The number of hydrogen-bond donors (Lipinski definition) is 1. The van der Waals surface area contributed by atoms with E-state index in [1.807, 2.05) is 29.2 Å². The zero-order valence-electron chi connectivity index (χ0n) is 15.8. The summed E-state index contributed by atoms with van der Waals surface area (Å²) in [7, 11) is 1.64. The van der Waals surface area contributed by atoms with Gasteiger partial charge < -0.3 is 15.0 Å². The van der Waals surface area contributed by atoms with Crippen molar-refractivity contribution in [1.82, 2.24) is 15.1 Å². The summed E-state index contributed by atoms with van der Waals surface area (Å²) in [6, 6.07) is 8.08. The molecule has 2 aromatic rings. The van der Waals surface area contributed by atoms with Gasteiger partial charge in [-0.2, -0.15) is 0 Å². The molecule has 6 nitrogen and oxygen atoms in total. The molecule has 0 radical (unpaired) electrons. The quantitative estimate of drug-likeness (QED) is 0.648. The SMILES string of the molecule is CCN(C(=O)CSc1nnc(Nc2cccc(OC)c2)s1)C1CCCCC1. The molecule has 1 heterocycles. The summed E-state index contributed by atoms with van der Waals surface area (Å²) in [5.74, 6) is 1.40. The van der Waals surface area contributed by atoms with Crippen molar-refractivity contribution in [3.8, 4) is 5.75 Å². The van der Waals surface area contributed by atoms with E-state index in [1.165, 1.54) is 42.4 Å². The molecule has 27 heavy (non-hydrogen) atoms. The molecule has 1 fully saturated rings. The van der Waals surface area contributed by atoms with E-state index < -0.39 is 0 Å². The van der Waals surface area contributed by atoms with Crippen LogP contribution >= 0.6 is 23.1 Å². The highest BCUT2D eigenvalue weighted by Crippen LogP contribution is 2.29. The van der Waals surface area contributed by atoms with Crippen molar-refractivity contribution in [3.63, 3.8) is 0 Å². The van der Waals surface area contributed by atoms with Gasteiger partial charge in [0, 0.05) is 24.3 Å². The molecular weight excluding hydrogens is 380 g/mol. The summed E-state index contributed by atoms with van der Waals surface area (Å²) in [5.41, 5.74) is 0.896. The number of nitrogens with zero attached hydrogens (tertiary/aromatic N) is 3. The van der Waals surface area contributed by atoms with Gasteiger partial charge in [-0.1, -0.05) is 48.4 Å². The van der Waals surface area contributed by atoms with E-state index in [0.717, 1.165) is 35.2 Å². The molecule has 146 valence electrons. The fourth-order valence-corrected chi connectivity index (χ4v) is 5.04. The number of amides is 1. The van der Waals surface area contributed by atoms with E-state index in [1.54, 1.807) is 7.11 Å². The van der Waals surface area contributed by atoms with Gasteiger partial charge in [-0.15, -0.1) is 10.2 Å². The lowest BCUT2D eigenvalue weighted by molar-refractivity contribution is -0.131. The summed E-state index contributed by atoms with van der Waals surface area (Å²) in [6.45, 7) is 2.85. The highest BCUT2D eigenvalue weighted by molar-refractivity contribution is 8.01. The Morgan fingerprint density at radius 3 is 2.89 bits per heavy atom. The lowest BCUT2D eigenvalue weighted by atomic mass is 9.94. The maximum absolute atomic E-state index is 12.6. The molecule has 0 spiro atoms. The van der Waals surface area contributed by atoms with Crippen molar-refractivity contribution >= 4 is 39.8 Å². The molecule has 1 N–H and O–H groups in total. The van der Waals surface area contributed by atoms with Crippen LogP contribution < -0.4 is 10.1 Å². The lowest BCUT2D eigenvalue weighted by Crippen LogP contribution is -2.42. The number of carbonyl (C=O) groups excluding carboxylic acids is 1. The number of carbonyl (C=O) groups is 1. The first-order valence-corrected chi connectivity index (χ1v) is 11.2. The number of thioether (sulfide) groups is 1. The minimum absolute atomic E-state index is 0.201. The monoisotopic (exact) mass is 406 g/mol. The van der Waals surface area contributed by atoms with Crippen LogP contribution in [0.4, 0.5) is 10.8 Å². The zero-order chi connectivity index (χ0) is 19.1. The summed E-state index contributed by atoms with van der Waals surface area (Å²) in [5, 5.41) is 12.3. The maximum Gasteiger partial charge on any atom is 0.233 e. The minimum Gasteiger partial charge on any atom is -0.497 e. The molecule has 0 bridgehead atoms. The molecular formula is C19H26N4O2S2. The van der Waals surface area contributed by atoms with Crippen LogP contribution in [0.5, 0.6) is 5.75 Å². The summed E-state index contributed by atoms with van der Waals surface area (Å²) in [6.07, 6.45) is 6.04. The van der Waals surface area contributed by atoms with Crippen molar-refractivity contribution in [2.24, 2.45) is 0 Å². The van der Waals surface area contributed by atoms with Gasteiger partial charge in [0.2, 0.25) is 11.0 Å². The molecule has 3 rings (SSSR count). The van der Waals surface area contributed by atoms with Crippen LogP contribution in [0.2, 0.25) is 0 Å². The molecule has 1 saturated carbocycles. The average Bonchev–Trinajstić information content (AvgIpc) is 3.15. The maximum atomic E-state index is 12.6. The van der Waals surface area contributed by atoms with Crippen molar-refractivity contribution in [2.45, 2.75) is 49.4 Å². The van der Waals surface area contributed by atoms with Gasteiger partial charge in [-0.25, -0.2) is 0 Å². The smallest absolute Gasteiger partial charge is 0.233 e. The Kier molecular flexibility index (Phi) is 7.34. The Morgan fingerprint density at radius 2 is 2.15 bits per heavy atom. The van der Waals surface area contributed by atoms with Gasteiger partial charge in [-0.05, 0) is 31.9 Å². The molecule has 8 heteroatoms. The van der Waals surface area contributed by atoms with Gasteiger partial charge in [0.05, 0.1) is 12.9 Å². The molecule has 0 atom stereocenters. The summed E-state index contributed by atoms with van der Waals surface area (Å²) >= 11 is 2.92. The predicted molar refractivity (Wildman–Crippen MR) is 111 cm³/mol. The molecule has 1 amide bonds. The van der Waals surface area contributed by atoms with Crippen LogP contribution in [0, 0.1) is 0 Å². The van der Waals surface area contributed by atoms with E-state index in [2.05, 4.69) is 22.4 Å². The number of rotatable bonds is 8. The number of ether oxygens (including phenoxy) is 1. The van der Waals surface area contributed by atoms with Gasteiger partial charge in [0.1, 0.15) is 5.75 Å². The second kappa shape index (κ2) is 9.94. The number of anilines is 2. The standard InChI is InChI=1S/C19H26N4O2S2/c1-3-23(15-9-5-4-6-10-15)17(24)13-26-19-22-21-18(27-19)20-14-8-7-11-16(12-14)25-2/h7-8,11-12,15H,3-6,9-10,13H2,1-2H3,(H,20,21). The first-order valence-electron chi connectivity index (χ1n) is 9.36. The predicted octanol–water partition coefficient (Wildman–Crippen LogP) is 4.56. The normalized spacial score (nSPS) is 14.7. The highest BCUT2D eigenvalue weighted by atomic mass is 32.2. The Labute approximate surface area is 168 Å². The van der Waals surface area contributed by atoms with Gasteiger partial charge in [0.15, 0.2) is 4.34 Å². The zero-order valence-corrected chi connectivity index (χ0v) is 17.4. The lowest BCUT2D eigenvalue weighted by Gasteiger charge is -2.33. The van der Waals surface area contributed by atoms with Gasteiger partial charge in [-0.3, -0.25) is 4.79 Å². The topological polar surface area (TPSA) is 67.4 Å². The molecule has 0 unspecified atom stereocenters. The molecule has 1 aromatic heterocycles. The van der Waals surface area contributed by atoms with Crippen LogP contribution in [0.1, 0.15) is 39.0 Å². The number of nitrogens with one attached hydrogen (secondary N) is 1. The summed E-state index contributed by atoms with van der Waals surface area (Å²) in [4.78, 5) is 14.7. The van der Waals surface area contributed by atoms with Crippen LogP contribution in [-0.2, 0) is 4.79 Å². The number of benzene rings is 1.